The predicted octanol–water partition coefficient (Wildman–Crippen LogP) is 2.01. The molecular weight excluding hydrogens is 300 g/mol. The number of hydrogen-bond acceptors (Lipinski definition) is 6. The molecule has 1 fully saturated rings. The molecular formula is C17H30O6. The highest BCUT2D eigenvalue weighted by Gasteiger charge is 2.34. The van der Waals surface area contributed by atoms with E-state index in [-0.39, 0.29) is 25.4 Å². The molecule has 0 bridgehead atoms. The predicted molar refractivity (Wildman–Crippen MR) is 85.1 cm³/mol. The van der Waals surface area contributed by atoms with Crippen molar-refractivity contribution in [2.75, 3.05) is 13.2 Å². The molecule has 0 aromatic heterocycles. The van der Waals surface area contributed by atoms with E-state index in [0.717, 1.165) is 25.7 Å². The Morgan fingerprint density at radius 2 is 1.83 bits per heavy atom. The third-order valence-corrected chi connectivity index (χ3v) is 3.91. The summed E-state index contributed by atoms with van der Waals surface area (Å²) in [4.78, 5) is 22.9. The molecule has 1 aliphatic carbocycles. The molecule has 0 saturated heterocycles. The first kappa shape index (κ1) is 20.1. The number of carbonyl (C=O) groups is 2. The zero-order valence-electron chi connectivity index (χ0n) is 14.7. The van der Waals surface area contributed by atoms with E-state index >= 15 is 0 Å². The lowest BCUT2D eigenvalue weighted by molar-refractivity contribution is -0.178. The highest BCUT2D eigenvalue weighted by Crippen LogP contribution is 2.25. The minimum absolute atomic E-state index is 0.0417. The standard InChI is InChI=1S/C17H30O6/c1-16(2,12-18)22-11-10-21-15(20)17(3,4)23-14-7-5-6-13(19)8-9-14/h12-14,19H,5-11H2,1-4H3. The van der Waals surface area contributed by atoms with Gasteiger partial charge in [0.2, 0.25) is 0 Å². The van der Waals surface area contributed by atoms with Gasteiger partial charge in [0.1, 0.15) is 12.2 Å². The Morgan fingerprint density at radius 1 is 1.13 bits per heavy atom. The highest BCUT2D eigenvalue weighted by atomic mass is 16.6. The molecule has 6 nitrogen and oxygen atoms in total. The van der Waals surface area contributed by atoms with Crippen molar-refractivity contribution in [1.29, 1.82) is 0 Å². The van der Waals surface area contributed by atoms with Crippen LogP contribution in [0.4, 0.5) is 0 Å². The van der Waals surface area contributed by atoms with Crippen LogP contribution < -0.4 is 0 Å². The second-order valence-electron chi connectivity index (χ2n) is 7.12. The van der Waals surface area contributed by atoms with Crippen LogP contribution in [-0.2, 0) is 23.8 Å². The topological polar surface area (TPSA) is 82.1 Å². The van der Waals surface area contributed by atoms with Crippen LogP contribution in [0.2, 0.25) is 0 Å². The van der Waals surface area contributed by atoms with E-state index in [9.17, 15) is 14.7 Å². The van der Waals surface area contributed by atoms with Gasteiger partial charge in [0, 0.05) is 0 Å². The average Bonchev–Trinajstić information content (AvgIpc) is 2.67. The summed E-state index contributed by atoms with van der Waals surface area (Å²) < 4.78 is 16.4. The van der Waals surface area contributed by atoms with Crippen LogP contribution in [0.1, 0.15) is 59.8 Å². The van der Waals surface area contributed by atoms with Crippen LogP contribution in [0.15, 0.2) is 0 Å². The van der Waals surface area contributed by atoms with E-state index in [1.165, 1.54) is 0 Å². The molecule has 1 N–H and O–H groups in total. The maximum atomic E-state index is 12.2. The van der Waals surface area contributed by atoms with Gasteiger partial charge in [0.05, 0.1) is 18.8 Å². The Morgan fingerprint density at radius 3 is 2.48 bits per heavy atom. The maximum Gasteiger partial charge on any atom is 0.337 e. The van der Waals surface area contributed by atoms with Crippen molar-refractivity contribution < 1.29 is 28.9 Å². The van der Waals surface area contributed by atoms with Gasteiger partial charge in [-0.2, -0.15) is 0 Å². The second-order valence-corrected chi connectivity index (χ2v) is 7.12. The molecule has 0 aromatic carbocycles. The van der Waals surface area contributed by atoms with Gasteiger partial charge in [0.25, 0.3) is 0 Å². The summed E-state index contributed by atoms with van der Waals surface area (Å²) >= 11 is 0. The summed E-state index contributed by atoms with van der Waals surface area (Å²) in [6, 6.07) is 0. The van der Waals surface area contributed by atoms with Gasteiger partial charge in [-0.3, -0.25) is 0 Å². The fourth-order valence-electron chi connectivity index (χ4n) is 2.48. The number of aldehydes is 1. The van der Waals surface area contributed by atoms with Crippen molar-refractivity contribution >= 4 is 12.3 Å². The van der Waals surface area contributed by atoms with Crippen molar-refractivity contribution in [1.82, 2.24) is 0 Å². The van der Waals surface area contributed by atoms with Crippen molar-refractivity contribution in [3.63, 3.8) is 0 Å². The molecule has 1 saturated carbocycles. The fraction of sp³-hybridized carbons (Fsp3) is 0.882. The molecule has 2 unspecified atom stereocenters. The van der Waals surface area contributed by atoms with Gasteiger partial charge in [-0.05, 0) is 59.8 Å². The highest BCUT2D eigenvalue weighted by molar-refractivity contribution is 5.78. The van der Waals surface area contributed by atoms with Crippen molar-refractivity contribution in [3.8, 4) is 0 Å². The maximum absolute atomic E-state index is 12.2. The number of aliphatic hydroxyl groups is 1. The number of aliphatic hydroxyl groups excluding tert-OH is 1. The van der Waals surface area contributed by atoms with Gasteiger partial charge < -0.3 is 24.1 Å². The van der Waals surface area contributed by atoms with E-state index in [4.69, 9.17) is 14.2 Å². The fourth-order valence-corrected chi connectivity index (χ4v) is 2.48. The molecule has 0 aromatic rings. The number of esters is 1. The summed E-state index contributed by atoms with van der Waals surface area (Å²) in [6.45, 7) is 6.90. The minimum Gasteiger partial charge on any atom is -0.461 e. The van der Waals surface area contributed by atoms with Gasteiger partial charge in [-0.15, -0.1) is 0 Å². The molecule has 0 heterocycles. The summed E-state index contributed by atoms with van der Waals surface area (Å²) in [5, 5.41) is 9.66. The number of ether oxygens (including phenoxy) is 3. The van der Waals surface area contributed by atoms with E-state index in [1.54, 1.807) is 27.7 Å². The van der Waals surface area contributed by atoms with Gasteiger partial charge in [0.15, 0.2) is 11.9 Å². The molecule has 0 spiro atoms. The van der Waals surface area contributed by atoms with E-state index in [2.05, 4.69) is 0 Å². The normalized spacial score (nSPS) is 23.2. The van der Waals surface area contributed by atoms with Gasteiger partial charge in [-0.25, -0.2) is 4.79 Å². The number of hydrogen-bond donors (Lipinski definition) is 1. The summed E-state index contributed by atoms with van der Waals surface area (Å²) in [5.41, 5.74) is -1.92. The van der Waals surface area contributed by atoms with Crippen LogP contribution in [0, 0.1) is 0 Å². The third-order valence-electron chi connectivity index (χ3n) is 3.91. The van der Waals surface area contributed by atoms with Crippen molar-refractivity contribution in [2.24, 2.45) is 0 Å². The first-order valence-electron chi connectivity index (χ1n) is 8.30. The van der Waals surface area contributed by atoms with Crippen LogP contribution in [0.25, 0.3) is 0 Å². The molecule has 1 rings (SSSR count). The molecule has 23 heavy (non-hydrogen) atoms. The quantitative estimate of drug-likeness (QED) is 0.317. The van der Waals surface area contributed by atoms with Crippen molar-refractivity contribution in [2.45, 2.75) is 83.2 Å². The Kier molecular flexibility index (Phi) is 7.64. The summed E-state index contributed by atoms with van der Waals surface area (Å²) in [5.74, 6) is -0.449. The molecule has 2 atom stereocenters. The summed E-state index contributed by atoms with van der Waals surface area (Å²) in [7, 11) is 0. The van der Waals surface area contributed by atoms with E-state index in [1.807, 2.05) is 0 Å². The lowest BCUT2D eigenvalue weighted by Crippen LogP contribution is -2.41. The zero-order chi connectivity index (χ0) is 17.5. The summed E-state index contributed by atoms with van der Waals surface area (Å²) in [6.07, 6.45) is 4.36. The third kappa shape index (κ3) is 7.42. The molecule has 134 valence electrons. The van der Waals surface area contributed by atoms with Gasteiger partial charge >= 0.3 is 5.97 Å². The first-order chi connectivity index (χ1) is 10.7. The Hall–Kier alpha value is -0.980. The van der Waals surface area contributed by atoms with Crippen molar-refractivity contribution in [3.05, 3.63) is 0 Å². The van der Waals surface area contributed by atoms with Gasteiger partial charge in [-0.1, -0.05) is 0 Å². The van der Waals surface area contributed by atoms with E-state index < -0.39 is 17.2 Å². The van der Waals surface area contributed by atoms with Crippen LogP contribution in [0.3, 0.4) is 0 Å². The van der Waals surface area contributed by atoms with Crippen LogP contribution in [-0.4, -0.2) is 54.0 Å². The van der Waals surface area contributed by atoms with Crippen LogP contribution in [0.5, 0.6) is 0 Å². The average molecular weight is 330 g/mol. The smallest absolute Gasteiger partial charge is 0.337 e. The van der Waals surface area contributed by atoms with E-state index in [0.29, 0.717) is 12.7 Å². The Labute approximate surface area is 138 Å². The monoisotopic (exact) mass is 330 g/mol. The Balaban J connectivity index is 2.36. The lowest BCUT2D eigenvalue weighted by Gasteiger charge is -2.28. The first-order valence-corrected chi connectivity index (χ1v) is 8.30. The molecule has 6 heteroatoms. The molecule has 0 radical (unpaired) electrons. The molecule has 1 aliphatic rings. The van der Waals surface area contributed by atoms with Crippen LogP contribution >= 0.6 is 0 Å². The second kappa shape index (κ2) is 8.76. The molecule has 0 aliphatic heterocycles. The minimum atomic E-state index is -1.04. The number of carbonyl (C=O) groups excluding carboxylic acids is 2. The Bertz CT molecular complexity index is 391. The largest absolute Gasteiger partial charge is 0.461 e. The SMILES string of the molecule is CC(C)(C=O)OCCOC(=O)C(C)(C)OC1CCCC(O)CC1. The zero-order valence-corrected chi connectivity index (χ0v) is 14.7. The lowest BCUT2D eigenvalue weighted by atomic mass is 10.1. The molecule has 0 amide bonds. The number of rotatable bonds is 8.